The van der Waals surface area contributed by atoms with Crippen LogP contribution in [0.4, 0.5) is 4.39 Å². The predicted molar refractivity (Wildman–Crippen MR) is 70.4 cm³/mol. The Morgan fingerprint density at radius 2 is 2.11 bits per heavy atom. The highest BCUT2D eigenvalue weighted by molar-refractivity contribution is 5.31. The molecule has 0 radical (unpaired) electrons. The van der Waals surface area contributed by atoms with Crippen molar-refractivity contribution in [2.24, 2.45) is 0 Å². The Balaban J connectivity index is 2.10. The molecule has 0 aromatic heterocycles. The lowest BCUT2D eigenvalue weighted by Gasteiger charge is -2.33. The van der Waals surface area contributed by atoms with E-state index >= 15 is 0 Å². The van der Waals surface area contributed by atoms with Gasteiger partial charge in [0.05, 0.1) is 6.61 Å². The number of piperazine rings is 1. The molecule has 1 heterocycles. The van der Waals surface area contributed by atoms with Crippen LogP contribution in [0.1, 0.15) is 25.5 Å². The maximum Gasteiger partial charge on any atom is 0.165 e. The molecule has 1 saturated heterocycles. The van der Waals surface area contributed by atoms with Gasteiger partial charge in [0.2, 0.25) is 0 Å². The largest absolute Gasteiger partial charge is 0.491 e. The number of ether oxygens (including phenoxy) is 1. The number of nitrogens with zero attached hydrogens (tertiary/aromatic N) is 1. The first kappa shape index (κ1) is 13.3. The van der Waals surface area contributed by atoms with Crippen molar-refractivity contribution in [2.75, 3.05) is 32.8 Å². The molecule has 4 heteroatoms. The van der Waals surface area contributed by atoms with Gasteiger partial charge in [-0.3, -0.25) is 4.90 Å². The third-order valence-electron chi connectivity index (χ3n) is 3.44. The van der Waals surface area contributed by atoms with E-state index in [4.69, 9.17) is 4.74 Å². The van der Waals surface area contributed by atoms with E-state index in [9.17, 15) is 4.39 Å². The molecule has 2 rings (SSSR count). The average molecular weight is 252 g/mol. The van der Waals surface area contributed by atoms with Crippen molar-refractivity contribution in [1.29, 1.82) is 0 Å². The third kappa shape index (κ3) is 3.00. The topological polar surface area (TPSA) is 24.5 Å². The standard InChI is InChI=1S/C14H21FN2O/c1-3-18-14-5-4-12(10-13(14)15)11(2)17-8-6-16-7-9-17/h4-5,10-11,16H,3,6-9H2,1-2H3. The normalized spacial score (nSPS) is 18.6. The molecule has 0 spiro atoms. The zero-order valence-corrected chi connectivity index (χ0v) is 11.1. The summed E-state index contributed by atoms with van der Waals surface area (Å²) in [5.74, 6) is 0.0742. The van der Waals surface area contributed by atoms with Gasteiger partial charge in [0.15, 0.2) is 11.6 Å². The highest BCUT2D eigenvalue weighted by Gasteiger charge is 2.18. The lowest BCUT2D eigenvalue weighted by Crippen LogP contribution is -2.44. The Kier molecular flexibility index (Phi) is 4.55. The summed E-state index contributed by atoms with van der Waals surface area (Å²) >= 11 is 0. The number of hydrogen-bond acceptors (Lipinski definition) is 3. The molecule has 1 atom stereocenters. The van der Waals surface area contributed by atoms with Crippen molar-refractivity contribution in [2.45, 2.75) is 19.9 Å². The van der Waals surface area contributed by atoms with Gasteiger partial charge in [0.25, 0.3) is 0 Å². The van der Waals surface area contributed by atoms with Gasteiger partial charge in [-0.05, 0) is 31.5 Å². The SMILES string of the molecule is CCOc1ccc(C(C)N2CCNCC2)cc1F. The monoisotopic (exact) mass is 252 g/mol. The molecule has 0 saturated carbocycles. The summed E-state index contributed by atoms with van der Waals surface area (Å²) in [5, 5.41) is 3.32. The lowest BCUT2D eigenvalue weighted by atomic mass is 10.1. The minimum Gasteiger partial charge on any atom is -0.491 e. The Hall–Kier alpha value is -1.13. The number of nitrogens with one attached hydrogen (secondary N) is 1. The van der Waals surface area contributed by atoms with Gasteiger partial charge in [0, 0.05) is 32.2 Å². The molecule has 1 aliphatic rings. The van der Waals surface area contributed by atoms with Crippen molar-refractivity contribution in [3.63, 3.8) is 0 Å². The fraction of sp³-hybridized carbons (Fsp3) is 0.571. The first-order valence-electron chi connectivity index (χ1n) is 6.59. The summed E-state index contributed by atoms with van der Waals surface area (Å²) in [5.41, 5.74) is 1.01. The van der Waals surface area contributed by atoms with Gasteiger partial charge >= 0.3 is 0 Å². The van der Waals surface area contributed by atoms with Gasteiger partial charge in [-0.2, -0.15) is 0 Å². The molecule has 18 heavy (non-hydrogen) atoms. The summed E-state index contributed by atoms with van der Waals surface area (Å²) in [6, 6.07) is 5.53. The molecule has 1 unspecified atom stereocenters. The first-order valence-corrected chi connectivity index (χ1v) is 6.59. The Morgan fingerprint density at radius 3 is 2.72 bits per heavy atom. The smallest absolute Gasteiger partial charge is 0.165 e. The van der Waals surface area contributed by atoms with Gasteiger partial charge in [-0.1, -0.05) is 6.07 Å². The maximum absolute atomic E-state index is 13.8. The molecule has 1 fully saturated rings. The molecule has 1 aliphatic heterocycles. The zero-order chi connectivity index (χ0) is 13.0. The van der Waals surface area contributed by atoms with Crippen LogP contribution in [-0.2, 0) is 0 Å². The number of hydrogen-bond donors (Lipinski definition) is 1. The van der Waals surface area contributed by atoms with Crippen molar-refractivity contribution < 1.29 is 9.13 Å². The van der Waals surface area contributed by atoms with E-state index in [0.29, 0.717) is 12.4 Å². The first-order chi connectivity index (χ1) is 8.72. The second-order valence-electron chi connectivity index (χ2n) is 4.58. The van der Waals surface area contributed by atoms with Crippen molar-refractivity contribution in [3.8, 4) is 5.75 Å². The average Bonchev–Trinajstić information content (AvgIpc) is 2.41. The molecule has 1 aromatic rings. The third-order valence-corrected chi connectivity index (χ3v) is 3.44. The van der Waals surface area contributed by atoms with E-state index in [1.165, 1.54) is 0 Å². The minimum absolute atomic E-state index is 0.247. The Morgan fingerprint density at radius 1 is 1.39 bits per heavy atom. The van der Waals surface area contributed by atoms with E-state index in [1.54, 1.807) is 12.1 Å². The summed E-state index contributed by atoms with van der Waals surface area (Å²) in [7, 11) is 0. The van der Waals surface area contributed by atoms with E-state index in [2.05, 4.69) is 17.1 Å². The van der Waals surface area contributed by atoms with Crippen LogP contribution in [0.3, 0.4) is 0 Å². The molecule has 100 valence electrons. The molecule has 3 nitrogen and oxygen atoms in total. The van der Waals surface area contributed by atoms with Crippen molar-refractivity contribution in [1.82, 2.24) is 10.2 Å². The number of halogens is 1. The van der Waals surface area contributed by atoms with Gasteiger partial charge in [-0.15, -0.1) is 0 Å². The van der Waals surface area contributed by atoms with Crippen LogP contribution < -0.4 is 10.1 Å². The van der Waals surface area contributed by atoms with Crippen LogP contribution in [0.2, 0.25) is 0 Å². The Bertz CT molecular complexity index is 391. The lowest BCUT2D eigenvalue weighted by molar-refractivity contribution is 0.185. The van der Waals surface area contributed by atoms with E-state index in [-0.39, 0.29) is 11.9 Å². The fourth-order valence-corrected chi connectivity index (χ4v) is 2.33. The van der Waals surface area contributed by atoms with Gasteiger partial charge in [0.1, 0.15) is 0 Å². The molecule has 1 aromatic carbocycles. The van der Waals surface area contributed by atoms with Gasteiger partial charge in [-0.25, -0.2) is 4.39 Å². The fourth-order valence-electron chi connectivity index (χ4n) is 2.33. The molecular weight excluding hydrogens is 231 g/mol. The maximum atomic E-state index is 13.8. The Labute approximate surface area is 108 Å². The molecule has 0 aliphatic carbocycles. The van der Waals surface area contributed by atoms with E-state index < -0.39 is 0 Å². The van der Waals surface area contributed by atoms with E-state index in [0.717, 1.165) is 31.7 Å². The van der Waals surface area contributed by atoms with Crippen LogP contribution >= 0.6 is 0 Å². The predicted octanol–water partition coefficient (Wildman–Crippen LogP) is 2.19. The molecule has 0 amide bonds. The van der Waals surface area contributed by atoms with Gasteiger partial charge < -0.3 is 10.1 Å². The molecule has 0 bridgehead atoms. The molecule has 1 N–H and O–H groups in total. The number of benzene rings is 1. The minimum atomic E-state index is -0.267. The summed E-state index contributed by atoms with van der Waals surface area (Å²) < 4.78 is 19.0. The van der Waals surface area contributed by atoms with Crippen LogP contribution in [0, 0.1) is 5.82 Å². The zero-order valence-electron chi connectivity index (χ0n) is 11.1. The summed E-state index contributed by atoms with van der Waals surface area (Å²) in [4.78, 5) is 2.37. The van der Waals surface area contributed by atoms with Crippen molar-refractivity contribution in [3.05, 3.63) is 29.6 Å². The highest BCUT2D eigenvalue weighted by Crippen LogP contribution is 2.25. The molecular formula is C14H21FN2O. The van der Waals surface area contributed by atoms with Crippen LogP contribution in [0.25, 0.3) is 0 Å². The van der Waals surface area contributed by atoms with Crippen LogP contribution in [-0.4, -0.2) is 37.7 Å². The van der Waals surface area contributed by atoms with Crippen molar-refractivity contribution >= 4 is 0 Å². The summed E-state index contributed by atoms with van der Waals surface area (Å²) in [6.07, 6.45) is 0. The van der Waals surface area contributed by atoms with Crippen LogP contribution in [0.15, 0.2) is 18.2 Å². The summed E-state index contributed by atoms with van der Waals surface area (Å²) in [6.45, 7) is 8.50. The van der Waals surface area contributed by atoms with Crippen LogP contribution in [0.5, 0.6) is 5.75 Å². The highest BCUT2D eigenvalue weighted by atomic mass is 19.1. The number of rotatable bonds is 4. The second-order valence-corrected chi connectivity index (χ2v) is 4.58. The quantitative estimate of drug-likeness (QED) is 0.889. The van der Waals surface area contributed by atoms with E-state index in [1.807, 2.05) is 13.0 Å². The second kappa shape index (κ2) is 6.16.